The number of ketones is 2. The summed E-state index contributed by atoms with van der Waals surface area (Å²) in [7, 11) is 0. The second-order valence-corrected chi connectivity index (χ2v) is 5.36. The van der Waals surface area contributed by atoms with Crippen molar-refractivity contribution in [2.24, 2.45) is 0 Å². The van der Waals surface area contributed by atoms with Crippen LogP contribution in [0.1, 0.15) is 47.5 Å². The van der Waals surface area contributed by atoms with E-state index in [1.807, 2.05) is 13.0 Å². The summed E-state index contributed by atoms with van der Waals surface area (Å²) in [5, 5.41) is 0. The molecule has 0 fully saturated rings. The summed E-state index contributed by atoms with van der Waals surface area (Å²) in [6, 6.07) is 0. The van der Waals surface area contributed by atoms with Crippen molar-refractivity contribution < 1.29 is 19.1 Å². The molecule has 0 amide bonds. The van der Waals surface area contributed by atoms with E-state index in [1.54, 1.807) is 20.8 Å². The number of hydrogen-bond donors (Lipinski definition) is 0. The predicted octanol–water partition coefficient (Wildman–Crippen LogP) is 3.08. The third kappa shape index (κ3) is 4.25. The van der Waals surface area contributed by atoms with Gasteiger partial charge in [0.25, 0.3) is 0 Å². The largest absolute Gasteiger partial charge is 0.462 e. The molecule has 0 saturated carbocycles. The lowest BCUT2D eigenvalue weighted by molar-refractivity contribution is -0.139. The first-order chi connectivity index (χ1) is 9.75. The van der Waals surface area contributed by atoms with Crippen LogP contribution in [0.5, 0.6) is 0 Å². The Kier molecular flexibility index (Phi) is 5.82. The van der Waals surface area contributed by atoms with Gasteiger partial charge in [-0.05, 0) is 46.6 Å². The Morgan fingerprint density at radius 2 is 1.57 bits per heavy atom. The first-order valence-electron chi connectivity index (χ1n) is 7.01. The van der Waals surface area contributed by atoms with Crippen LogP contribution in [0.3, 0.4) is 0 Å². The predicted molar refractivity (Wildman–Crippen MR) is 80.7 cm³/mol. The minimum atomic E-state index is -0.318. The third-order valence-corrected chi connectivity index (χ3v) is 3.80. The Labute approximate surface area is 125 Å². The number of hydrogen-bond acceptors (Lipinski definition) is 4. The molecule has 0 unspecified atom stereocenters. The van der Waals surface area contributed by atoms with Crippen molar-refractivity contribution in [2.45, 2.75) is 47.5 Å². The minimum absolute atomic E-state index is 0.0302. The molecule has 0 aromatic carbocycles. The smallest absolute Gasteiger partial charge is 0.302 e. The molecule has 0 aliphatic heterocycles. The maximum atomic E-state index is 12.3. The van der Waals surface area contributed by atoms with Gasteiger partial charge < -0.3 is 4.74 Å². The summed E-state index contributed by atoms with van der Waals surface area (Å²) in [4.78, 5) is 35.0. The molecule has 0 aromatic heterocycles. The number of carbonyl (C=O) groups is 3. The fourth-order valence-corrected chi connectivity index (χ4v) is 2.18. The zero-order valence-corrected chi connectivity index (χ0v) is 13.3. The van der Waals surface area contributed by atoms with Gasteiger partial charge in [-0.2, -0.15) is 0 Å². The first kappa shape index (κ1) is 17.1. The summed E-state index contributed by atoms with van der Waals surface area (Å²) in [5.74, 6) is -0.386. The highest BCUT2D eigenvalue weighted by atomic mass is 16.5. The lowest BCUT2D eigenvalue weighted by Crippen LogP contribution is -2.20. The summed E-state index contributed by atoms with van der Waals surface area (Å²) in [6.07, 6.45) is 3.02. The summed E-state index contributed by atoms with van der Waals surface area (Å²) < 4.78 is 4.84. The van der Waals surface area contributed by atoms with E-state index < -0.39 is 0 Å². The van der Waals surface area contributed by atoms with Gasteiger partial charge in [0.1, 0.15) is 6.61 Å². The quantitative estimate of drug-likeness (QED) is 0.443. The molecule has 0 aromatic rings. The molecule has 4 nitrogen and oxygen atoms in total. The van der Waals surface area contributed by atoms with Gasteiger partial charge in [-0.25, -0.2) is 0 Å². The second-order valence-electron chi connectivity index (χ2n) is 5.36. The van der Waals surface area contributed by atoms with Gasteiger partial charge in [0, 0.05) is 29.2 Å². The molecule has 21 heavy (non-hydrogen) atoms. The molecule has 1 aliphatic carbocycles. The minimum Gasteiger partial charge on any atom is -0.462 e. The molecule has 0 radical (unpaired) electrons. The first-order valence-corrected chi connectivity index (χ1v) is 7.01. The van der Waals surface area contributed by atoms with Gasteiger partial charge in [-0.1, -0.05) is 5.57 Å². The van der Waals surface area contributed by atoms with Crippen LogP contribution in [0, 0.1) is 0 Å². The number of rotatable bonds is 5. The average molecular weight is 290 g/mol. The van der Waals surface area contributed by atoms with E-state index in [1.165, 1.54) is 6.92 Å². The molecule has 0 N–H and O–H groups in total. The van der Waals surface area contributed by atoms with Crippen molar-refractivity contribution in [3.63, 3.8) is 0 Å². The summed E-state index contributed by atoms with van der Waals surface area (Å²) >= 11 is 0. The monoisotopic (exact) mass is 290 g/mol. The number of carbonyl (C=O) groups excluding carboxylic acids is 3. The van der Waals surface area contributed by atoms with Gasteiger partial charge in [-0.15, -0.1) is 0 Å². The van der Waals surface area contributed by atoms with Crippen molar-refractivity contribution in [1.29, 1.82) is 0 Å². The Balaban J connectivity index is 2.73. The van der Waals surface area contributed by atoms with Gasteiger partial charge in [0.15, 0.2) is 11.6 Å². The molecule has 114 valence electrons. The summed E-state index contributed by atoms with van der Waals surface area (Å²) in [5.41, 5.74) is 3.27. The van der Waals surface area contributed by atoms with E-state index in [0.717, 1.165) is 5.57 Å². The van der Waals surface area contributed by atoms with Crippen LogP contribution in [0.4, 0.5) is 0 Å². The number of esters is 1. The third-order valence-electron chi connectivity index (χ3n) is 3.80. The van der Waals surface area contributed by atoms with Crippen LogP contribution in [0.25, 0.3) is 0 Å². The Bertz CT molecular complexity index is 574. The molecule has 1 rings (SSSR count). The van der Waals surface area contributed by atoms with Gasteiger partial charge in [-0.3, -0.25) is 14.4 Å². The topological polar surface area (TPSA) is 60.4 Å². The van der Waals surface area contributed by atoms with Crippen molar-refractivity contribution in [1.82, 2.24) is 0 Å². The van der Waals surface area contributed by atoms with Crippen LogP contribution in [0.2, 0.25) is 0 Å². The fraction of sp³-hybridized carbons (Fsp3) is 0.471. The molecule has 0 bridgehead atoms. The lowest BCUT2D eigenvalue weighted by atomic mass is 9.83. The zero-order chi connectivity index (χ0) is 16.2. The van der Waals surface area contributed by atoms with E-state index in [4.69, 9.17) is 4.74 Å². The van der Waals surface area contributed by atoms with Crippen LogP contribution in [0.15, 0.2) is 33.9 Å². The maximum absolute atomic E-state index is 12.3. The van der Waals surface area contributed by atoms with E-state index in [9.17, 15) is 14.4 Å². The molecule has 0 atom stereocenters. The van der Waals surface area contributed by atoms with Crippen molar-refractivity contribution in [3.8, 4) is 0 Å². The standard InChI is InChI=1S/C17H22O4/c1-10(8-9-21-14(5)18)6-7-15-13(4)16(19)11(2)12(3)17(15)20/h8H,6-7,9H2,1-5H3/b10-8-. The highest BCUT2D eigenvalue weighted by molar-refractivity contribution is 6.24. The van der Waals surface area contributed by atoms with Gasteiger partial charge >= 0.3 is 5.97 Å². The molecular weight excluding hydrogens is 268 g/mol. The van der Waals surface area contributed by atoms with Crippen molar-refractivity contribution >= 4 is 17.5 Å². The van der Waals surface area contributed by atoms with Gasteiger partial charge in [0.05, 0.1) is 0 Å². The van der Waals surface area contributed by atoms with E-state index in [-0.39, 0.29) is 24.1 Å². The normalized spacial score (nSPS) is 16.7. The van der Waals surface area contributed by atoms with Gasteiger partial charge in [0.2, 0.25) is 0 Å². The van der Waals surface area contributed by atoms with Crippen molar-refractivity contribution in [2.75, 3.05) is 6.61 Å². The van der Waals surface area contributed by atoms with Crippen LogP contribution in [-0.2, 0) is 19.1 Å². The Morgan fingerprint density at radius 3 is 2.14 bits per heavy atom. The van der Waals surface area contributed by atoms with Crippen LogP contribution < -0.4 is 0 Å². The molecule has 0 saturated heterocycles. The second kappa shape index (κ2) is 7.16. The summed E-state index contributed by atoms with van der Waals surface area (Å²) in [6.45, 7) is 8.63. The Morgan fingerprint density at radius 1 is 1.00 bits per heavy atom. The average Bonchev–Trinajstić information content (AvgIpc) is 2.42. The zero-order valence-electron chi connectivity index (χ0n) is 13.3. The van der Waals surface area contributed by atoms with Crippen LogP contribution in [-0.4, -0.2) is 24.1 Å². The van der Waals surface area contributed by atoms with Crippen molar-refractivity contribution in [3.05, 3.63) is 33.9 Å². The number of ether oxygens (including phenoxy) is 1. The molecule has 1 aliphatic rings. The maximum Gasteiger partial charge on any atom is 0.302 e. The molecule has 4 heteroatoms. The Hall–Kier alpha value is -1.97. The SMILES string of the molecule is CC(=O)OC/C=C(/C)CCC1=C(C)C(=O)C(C)=C(C)C1=O. The molecule has 0 heterocycles. The van der Waals surface area contributed by atoms with Crippen LogP contribution >= 0.6 is 0 Å². The number of Topliss-reactive ketones (excluding diaryl/α,β-unsaturated/α-hetero) is 2. The van der Waals surface area contributed by atoms with E-state index in [2.05, 4.69) is 0 Å². The fourth-order valence-electron chi connectivity index (χ4n) is 2.18. The number of allylic oxidation sites excluding steroid dienone is 5. The lowest BCUT2D eigenvalue weighted by Gasteiger charge is -2.18. The molecular formula is C17H22O4. The highest BCUT2D eigenvalue weighted by Crippen LogP contribution is 2.27. The molecule has 0 spiro atoms. The van der Waals surface area contributed by atoms with E-state index in [0.29, 0.717) is 35.1 Å². The highest BCUT2D eigenvalue weighted by Gasteiger charge is 2.27. The van der Waals surface area contributed by atoms with E-state index >= 15 is 0 Å².